The number of allylic oxidation sites excluding steroid dienone is 4. The minimum atomic E-state index is -3.79. The molecule has 1 aromatic heterocycles. The Balaban J connectivity index is 1.81. The maximum atomic E-state index is 14.2. The zero-order valence-electron chi connectivity index (χ0n) is 16.0. The van der Waals surface area contributed by atoms with E-state index in [2.05, 4.69) is 9.82 Å². The van der Waals surface area contributed by atoms with E-state index in [1.54, 1.807) is 36.4 Å². The van der Waals surface area contributed by atoms with Gasteiger partial charge in [0.2, 0.25) is 21.8 Å². The highest BCUT2D eigenvalue weighted by Crippen LogP contribution is 2.62. The third kappa shape index (κ3) is 3.22. The van der Waals surface area contributed by atoms with Gasteiger partial charge >= 0.3 is 0 Å². The third-order valence-corrected chi connectivity index (χ3v) is 6.55. The molecule has 2 aromatic rings. The van der Waals surface area contributed by atoms with Gasteiger partial charge in [0.05, 0.1) is 17.9 Å². The number of amides is 1. The van der Waals surface area contributed by atoms with Crippen molar-refractivity contribution >= 4 is 33.1 Å². The third-order valence-electron chi connectivity index (χ3n) is 5.73. The van der Waals surface area contributed by atoms with E-state index in [0.717, 1.165) is 6.26 Å². The van der Waals surface area contributed by atoms with Gasteiger partial charge in [-0.25, -0.2) is 17.5 Å². The molecule has 10 heteroatoms. The molecule has 1 aromatic carbocycles. The first-order chi connectivity index (χ1) is 14.1. The largest absolute Gasteiger partial charge is 0.492 e. The molecule has 4 rings (SSSR count). The van der Waals surface area contributed by atoms with Gasteiger partial charge in [-0.3, -0.25) is 9.52 Å². The molecule has 1 heterocycles. The van der Waals surface area contributed by atoms with Gasteiger partial charge in [-0.2, -0.15) is 5.10 Å². The van der Waals surface area contributed by atoms with Gasteiger partial charge < -0.3 is 5.11 Å². The molecule has 1 atom stereocenters. The molecule has 2 aliphatic rings. The molecule has 0 saturated heterocycles. The van der Waals surface area contributed by atoms with E-state index in [1.807, 2.05) is 0 Å². The molecular formula is C20H19ClFN3O4S. The van der Waals surface area contributed by atoms with Crippen molar-refractivity contribution < 1.29 is 22.7 Å². The first kappa shape index (κ1) is 20.6. The van der Waals surface area contributed by atoms with E-state index >= 15 is 0 Å². The molecule has 2 aliphatic carbocycles. The van der Waals surface area contributed by atoms with E-state index in [9.17, 15) is 22.7 Å². The van der Waals surface area contributed by atoms with Gasteiger partial charge in [0.1, 0.15) is 16.4 Å². The Hall–Kier alpha value is -2.65. The summed E-state index contributed by atoms with van der Waals surface area (Å²) in [6, 6.07) is 6.31. The number of benzene rings is 1. The normalized spacial score (nSPS) is 22.4. The number of hydrogen-bond donors (Lipinski definition) is 2. The van der Waals surface area contributed by atoms with Crippen LogP contribution in [-0.4, -0.2) is 35.5 Å². The van der Waals surface area contributed by atoms with Crippen LogP contribution in [0.15, 0.2) is 48.7 Å². The number of carbonyl (C=O) groups excluding carboxylic acids is 1. The number of carbonyl (C=O) groups is 1. The molecule has 0 radical (unpaired) electrons. The fourth-order valence-corrected chi connectivity index (χ4v) is 4.76. The molecule has 30 heavy (non-hydrogen) atoms. The zero-order chi connectivity index (χ0) is 21.7. The van der Waals surface area contributed by atoms with E-state index in [4.69, 9.17) is 11.6 Å². The predicted molar refractivity (Wildman–Crippen MR) is 110 cm³/mol. The molecule has 0 aliphatic heterocycles. The van der Waals surface area contributed by atoms with Crippen LogP contribution >= 0.6 is 11.6 Å². The Kier molecular flexibility index (Phi) is 4.78. The second-order valence-corrected chi connectivity index (χ2v) is 9.77. The van der Waals surface area contributed by atoms with Crippen LogP contribution in [0.3, 0.4) is 0 Å². The summed E-state index contributed by atoms with van der Waals surface area (Å²) in [5.74, 6) is -1.40. The van der Waals surface area contributed by atoms with Crippen molar-refractivity contribution in [3.63, 3.8) is 0 Å². The van der Waals surface area contributed by atoms with Crippen molar-refractivity contribution in [2.24, 2.45) is 5.41 Å². The van der Waals surface area contributed by atoms with Gasteiger partial charge in [-0.05, 0) is 30.9 Å². The monoisotopic (exact) mass is 451 g/mol. The second-order valence-electron chi connectivity index (χ2n) is 7.61. The van der Waals surface area contributed by atoms with Crippen LogP contribution in [0.2, 0.25) is 5.02 Å². The van der Waals surface area contributed by atoms with Gasteiger partial charge in [-0.15, -0.1) is 0 Å². The Bertz CT molecular complexity index is 1200. The summed E-state index contributed by atoms with van der Waals surface area (Å²) in [5, 5.41) is 14.7. The number of halogens is 2. The summed E-state index contributed by atoms with van der Waals surface area (Å²) >= 11 is 5.99. The molecule has 1 amide bonds. The number of nitrogens with zero attached hydrogens (tertiary/aromatic N) is 2. The first-order valence-electron chi connectivity index (χ1n) is 9.19. The predicted octanol–water partition coefficient (Wildman–Crippen LogP) is 2.98. The Morgan fingerprint density at radius 2 is 2.03 bits per heavy atom. The number of aromatic hydroxyl groups is 1. The Labute approximate surface area is 177 Å². The summed E-state index contributed by atoms with van der Waals surface area (Å²) in [6.45, 7) is 0. The Morgan fingerprint density at radius 1 is 1.33 bits per heavy atom. The minimum Gasteiger partial charge on any atom is -0.492 e. The topological polar surface area (TPSA) is 101 Å². The number of aromatic nitrogens is 2. The lowest BCUT2D eigenvalue weighted by atomic mass is 9.73. The molecular weight excluding hydrogens is 433 g/mol. The maximum Gasteiger partial charge on any atom is 0.242 e. The lowest BCUT2D eigenvalue weighted by Gasteiger charge is -2.39. The van der Waals surface area contributed by atoms with Crippen molar-refractivity contribution in [1.29, 1.82) is 0 Å². The zero-order valence-corrected chi connectivity index (χ0v) is 17.5. The van der Waals surface area contributed by atoms with Crippen LogP contribution in [0.1, 0.15) is 24.8 Å². The second kappa shape index (κ2) is 6.95. The lowest BCUT2D eigenvalue weighted by Crippen LogP contribution is -2.51. The van der Waals surface area contributed by atoms with Gasteiger partial charge in [0.25, 0.3) is 0 Å². The van der Waals surface area contributed by atoms with Crippen LogP contribution in [0.25, 0.3) is 5.57 Å². The maximum absolute atomic E-state index is 14.2. The van der Waals surface area contributed by atoms with Crippen molar-refractivity contribution in [2.75, 3.05) is 6.26 Å². The van der Waals surface area contributed by atoms with E-state index in [1.165, 1.54) is 16.9 Å². The summed E-state index contributed by atoms with van der Waals surface area (Å²) in [5.41, 5.74) is -1.35. The number of rotatable bonds is 5. The molecule has 0 spiro atoms. The summed E-state index contributed by atoms with van der Waals surface area (Å²) in [6.07, 6.45) is 8.20. The van der Waals surface area contributed by atoms with Crippen LogP contribution in [-0.2, 0) is 20.4 Å². The standard InChI is InChI=1S/C20H19ClFN3O4S/c1-30(28,29)24-18(27)19(10-11-19)20(25-17(26)15(21)12-23-25)8-6-13(7-9-20)14-4-2-3-5-16(14)22/h2-8,12,26H,9-11H2,1H3,(H,24,27). The molecule has 0 bridgehead atoms. The molecule has 158 valence electrons. The van der Waals surface area contributed by atoms with Gasteiger partial charge in [0, 0.05) is 5.56 Å². The van der Waals surface area contributed by atoms with Gasteiger partial charge in [-0.1, -0.05) is 48.0 Å². The fraction of sp³-hybridized carbons (Fsp3) is 0.300. The summed E-state index contributed by atoms with van der Waals surface area (Å²) in [4.78, 5) is 13.0. The van der Waals surface area contributed by atoms with E-state index < -0.39 is 26.9 Å². The van der Waals surface area contributed by atoms with Crippen molar-refractivity contribution in [3.05, 3.63) is 65.1 Å². The summed E-state index contributed by atoms with van der Waals surface area (Å²) < 4.78 is 40.9. The van der Waals surface area contributed by atoms with E-state index in [0.29, 0.717) is 24.0 Å². The smallest absolute Gasteiger partial charge is 0.242 e. The number of nitrogens with one attached hydrogen (secondary N) is 1. The fourth-order valence-electron chi connectivity index (χ4n) is 4.10. The minimum absolute atomic E-state index is 0.00553. The average molecular weight is 452 g/mol. The first-order valence-corrected chi connectivity index (χ1v) is 11.5. The molecule has 1 saturated carbocycles. The van der Waals surface area contributed by atoms with E-state index in [-0.39, 0.29) is 23.1 Å². The highest BCUT2D eigenvalue weighted by Gasteiger charge is 2.65. The quantitative estimate of drug-likeness (QED) is 0.727. The number of sulfonamides is 1. The molecule has 1 unspecified atom stereocenters. The average Bonchev–Trinajstić information content (AvgIpc) is 3.44. The van der Waals surface area contributed by atoms with Crippen LogP contribution < -0.4 is 4.72 Å². The van der Waals surface area contributed by atoms with Crippen molar-refractivity contribution in [1.82, 2.24) is 14.5 Å². The molecule has 1 fully saturated rings. The highest BCUT2D eigenvalue weighted by atomic mass is 35.5. The molecule has 7 nitrogen and oxygen atoms in total. The lowest BCUT2D eigenvalue weighted by molar-refractivity contribution is -0.128. The summed E-state index contributed by atoms with van der Waals surface area (Å²) in [7, 11) is -3.79. The highest BCUT2D eigenvalue weighted by molar-refractivity contribution is 7.89. The van der Waals surface area contributed by atoms with Crippen LogP contribution in [0, 0.1) is 11.2 Å². The van der Waals surface area contributed by atoms with Crippen molar-refractivity contribution in [2.45, 2.75) is 24.8 Å². The SMILES string of the molecule is CS(=O)(=O)NC(=O)C1(C2(n3ncc(Cl)c3O)C=CC(c3ccccc3F)=CC2)CC1. The van der Waals surface area contributed by atoms with Gasteiger partial charge in [0.15, 0.2) is 0 Å². The molecule has 2 N–H and O–H groups in total. The van der Waals surface area contributed by atoms with Crippen LogP contribution in [0.4, 0.5) is 4.39 Å². The Morgan fingerprint density at radius 3 is 2.53 bits per heavy atom. The van der Waals surface area contributed by atoms with Crippen LogP contribution in [0.5, 0.6) is 5.88 Å². The number of hydrogen-bond acceptors (Lipinski definition) is 5. The van der Waals surface area contributed by atoms with Crippen molar-refractivity contribution in [3.8, 4) is 5.88 Å².